The third kappa shape index (κ3) is 5.10. The van der Waals surface area contributed by atoms with Gasteiger partial charge in [0.25, 0.3) is 5.91 Å². The van der Waals surface area contributed by atoms with Gasteiger partial charge in [-0.2, -0.15) is 5.10 Å². The Morgan fingerprint density at radius 3 is 2.42 bits per heavy atom. The summed E-state index contributed by atoms with van der Waals surface area (Å²) in [6.07, 6.45) is 1.46. The van der Waals surface area contributed by atoms with Crippen LogP contribution in [0.5, 0.6) is 0 Å². The molecule has 0 saturated carbocycles. The number of halogens is 1. The van der Waals surface area contributed by atoms with Gasteiger partial charge in [0.05, 0.1) is 34.9 Å². The second kappa shape index (κ2) is 9.44. The number of carbonyl (C=O) groups is 3. The summed E-state index contributed by atoms with van der Waals surface area (Å²) in [4.78, 5) is 35.7. The van der Waals surface area contributed by atoms with Gasteiger partial charge in [0, 0.05) is 18.2 Å². The summed E-state index contributed by atoms with van der Waals surface area (Å²) < 4.78 is 6.63. The number of amides is 2. The third-order valence-corrected chi connectivity index (χ3v) is 4.73. The Bertz CT molecular complexity index is 1140. The highest BCUT2D eigenvalue weighted by molar-refractivity contribution is 6.34. The lowest BCUT2D eigenvalue weighted by molar-refractivity contribution is -0.114. The monoisotopic (exact) mass is 440 g/mol. The van der Waals surface area contributed by atoms with Crippen molar-refractivity contribution in [1.82, 2.24) is 9.78 Å². The normalized spacial score (nSPS) is 10.5. The molecule has 2 aromatic carbocycles. The summed E-state index contributed by atoms with van der Waals surface area (Å²) >= 11 is 6.20. The Morgan fingerprint density at radius 1 is 1.10 bits per heavy atom. The van der Waals surface area contributed by atoms with E-state index in [1.54, 1.807) is 61.0 Å². The predicted molar refractivity (Wildman–Crippen MR) is 118 cm³/mol. The molecule has 0 spiro atoms. The minimum absolute atomic E-state index is 0.213. The van der Waals surface area contributed by atoms with Gasteiger partial charge in [-0.05, 0) is 56.3 Å². The van der Waals surface area contributed by atoms with Gasteiger partial charge < -0.3 is 15.4 Å². The lowest BCUT2D eigenvalue weighted by atomic mass is 10.1. The van der Waals surface area contributed by atoms with E-state index in [1.807, 2.05) is 0 Å². The molecule has 3 aromatic rings. The fourth-order valence-corrected chi connectivity index (χ4v) is 3.15. The van der Waals surface area contributed by atoms with E-state index in [1.165, 1.54) is 13.1 Å². The maximum Gasteiger partial charge on any atom is 0.341 e. The highest BCUT2D eigenvalue weighted by atomic mass is 35.5. The molecule has 0 unspecified atom stereocenters. The number of hydrogen-bond donors (Lipinski definition) is 2. The van der Waals surface area contributed by atoms with E-state index in [2.05, 4.69) is 15.7 Å². The molecular weight excluding hydrogens is 420 g/mol. The van der Waals surface area contributed by atoms with Crippen molar-refractivity contribution >= 4 is 40.8 Å². The lowest BCUT2D eigenvalue weighted by Gasteiger charge is -2.10. The number of carbonyl (C=O) groups excluding carboxylic acids is 3. The van der Waals surface area contributed by atoms with Crippen LogP contribution >= 0.6 is 11.6 Å². The molecule has 31 heavy (non-hydrogen) atoms. The Labute approximate surface area is 184 Å². The van der Waals surface area contributed by atoms with Crippen LogP contribution in [0.15, 0.2) is 48.7 Å². The van der Waals surface area contributed by atoms with Crippen LogP contribution in [-0.2, 0) is 9.53 Å². The highest BCUT2D eigenvalue weighted by Crippen LogP contribution is 2.26. The van der Waals surface area contributed by atoms with E-state index >= 15 is 0 Å². The van der Waals surface area contributed by atoms with Crippen molar-refractivity contribution < 1.29 is 19.1 Å². The summed E-state index contributed by atoms with van der Waals surface area (Å²) in [5.74, 6) is -0.983. The van der Waals surface area contributed by atoms with Crippen molar-refractivity contribution in [3.63, 3.8) is 0 Å². The molecule has 9 heteroatoms. The first-order valence-electron chi connectivity index (χ1n) is 9.50. The quantitative estimate of drug-likeness (QED) is 0.558. The van der Waals surface area contributed by atoms with Crippen LogP contribution in [-0.4, -0.2) is 34.2 Å². The zero-order chi connectivity index (χ0) is 22.5. The topological polar surface area (TPSA) is 102 Å². The van der Waals surface area contributed by atoms with Crippen LogP contribution in [0.2, 0.25) is 5.02 Å². The lowest BCUT2D eigenvalue weighted by Crippen LogP contribution is -2.13. The summed E-state index contributed by atoms with van der Waals surface area (Å²) in [5.41, 5.74) is 3.11. The molecular formula is C22H21ClN4O4. The first kappa shape index (κ1) is 22.0. The summed E-state index contributed by atoms with van der Waals surface area (Å²) in [6.45, 7) is 5.20. The number of nitrogens with zero attached hydrogens (tertiary/aromatic N) is 2. The van der Waals surface area contributed by atoms with Crippen LogP contribution in [0.25, 0.3) is 5.69 Å². The molecule has 0 aliphatic heterocycles. The number of aromatic nitrogens is 2. The van der Waals surface area contributed by atoms with E-state index in [0.29, 0.717) is 38.9 Å². The predicted octanol–water partition coefficient (Wildman–Crippen LogP) is 4.22. The molecule has 0 bridgehead atoms. The first-order chi connectivity index (χ1) is 14.8. The molecule has 0 atom stereocenters. The van der Waals surface area contributed by atoms with Crippen LogP contribution in [0.3, 0.4) is 0 Å². The number of anilines is 2. The fourth-order valence-electron chi connectivity index (χ4n) is 2.93. The molecule has 8 nitrogen and oxygen atoms in total. The van der Waals surface area contributed by atoms with Crippen molar-refractivity contribution in [2.75, 3.05) is 17.2 Å². The van der Waals surface area contributed by atoms with Gasteiger partial charge in [-0.3, -0.25) is 9.59 Å². The average Bonchev–Trinajstić information content (AvgIpc) is 3.11. The van der Waals surface area contributed by atoms with Gasteiger partial charge in [0.1, 0.15) is 5.56 Å². The number of nitrogens with one attached hydrogen (secondary N) is 2. The van der Waals surface area contributed by atoms with Crippen LogP contribution in [0.1, 0.15) is 40.3 Å². The molecule has 0 radical (unpaired) electrons. The second-order valence-corrected chi connectivity index (χ2v) is 7.06. The van der Waals surface area contributed by atoms with E-state index < -0.39 is 5.97 Å². The molecule has 1 aromatic heterocycles. The SMILES string of the molecule is CCOC(=O)c1cnn(-c2ccc(C(=O)Nc3ccc(NC(C)=O)cc3Cl)cc2)c1C. The first-order valence-corrected chi connectivity index (χ1v) is 9.88. The minimum atomic E-state index is -0.427. The number of rotatable bonds is 6. The van der Waals surface area contributed by atoms with Crippen LogP contribution in [0, 0.1) is 6.92 Å². The third-order valence-electron chi connectivity index (χ3n) is 4.42. The largest absolute Gasteiger partial charge is 0.462 e. The van der Waals surface area contributed by atoms with Gasteiger partial charge in [0.15, 0.2) is 0 Å². The molecule has 0 aliphatic rings. The summed E-state index contributed by atoms with van der Waals surface area (Å²) in [7, 11) is 0. The minimum Gasteiger partial charge on any atom is -0.462 e. The molecule has 0 aliphatic carbocycles. The average molecular weight is 441 g/mol. The van der Waals surface area contributed by atoms with E-state index in [0.717, 1.165) is 0 Å². The van der Waals surface area contributed by atoms with Crippen molar-refractivity contribution in [2.45, 2.75) is 20.8 Å². The maximum absolute atomic E-state index is 12.6. The highest BCUT2D eigenvalue weighted by Gasteiger charge is 2.16. The molecule has 160 valence electrons. The van der Waals surface area contributed by atoms with Crippen LogP contribution in [0.4, 0.5) is 11.4 Å². The van der Waals surface area contributed by atoms with Crippen molar-refractivity contribution in [3.8, 4) is 5.69 Å². The fraction of sp³-hybridized carbons (Fsp3) is 0.182. The molecule has 2 N–H and O–H groups in total. The number of ether oxygens (including phenoxy) is 1. The Balaban J connectivity index is 1.74. The van der Waals surface area contributed by atoms with Gasteiger partial charge >= 0.3 is 5.97 Å². The van der Waals surface area contributed by atoms with Gasteiger partial charge in [-0.25, -0.2) is 9.48 Å². The number of hydrogen-bond acceptors (Lipinski definition) is 5. The number of esters is 1. The molecule has 0 saturated heterocycles. The molecule has 1 heterocycles. The Morgan fingerprint density at radius 2 is 1.81 bits per heavy atom. The Kier molecular flexibility index (Phi) is 6.71. The molecule has 3 rings (SSSR count). The van der Waals surface area contributed by atoms with E-state index in [4.69, 9.17) is 16.3 Å². The van der Waals surface area contributed by atoms with Gasteiger partial charge in [0.2, 0.25) is 5.91 Å². The van der Waals surface area contributed by atoms with E-state index in [-0.39, 0.29) is 18.4 Å². The summed E-state index contributed by atoms with van der Waals surface area (Å²) in [5, 5.41) is 9.91. The maximum atomic E-state index is 12.6. The van der Waals surface area contributed by atoms with Crippen LogP contribution < -0.4 is 10.6 Å². The number of benzene rings is 2. The van der Waals surface area contributed by atoms with Crippen molar-refractivity contribution in [3.05, 3.63) is 70.5 Å². The molecule has 0 fully saturated rings. The van der Waals surface area contributed by atoms with Gasteiger partial charge in [-0.1, -0.05) is 11.6 Å². The smallest absolute Gasteiger partial charge is 0.341 e. The zero-order valence-corrected chi connectivity index (χ0v) is 18.0. The van der Waals surface area contributed by atoms with Gasteiger partial charge in [-0.15, -0.1) is 0 Å². The van der Waals surface area contributed by atoms with Crippen molar-refractivity contribution in [2.24, 2.45) is 0 Å². The summed E-state index contributed by atoms with van der Waals surface area (Å²) in [6, 6.07) is 11.6. The van der Waals surface area contributed by atoms with Crippen molar-refractivity contribution in [1.29, 1.82) is 0 Å². The standard InChI is InChI=1S/C22H21ClN4O4/c1-4-31-22(30)18-12-24-27(13(18)2)17-8-5-15(6-9-17)21(29)26-20-10-7-16(11-19(20)23)25-14(3)28/h5-12H,4H2,1-3H3,(H,25,28)(H,26,29). The van der Waals surface area contributed by atoms with E-state index in [9.17, 15) is 14.4 Å². The molecule has 2 amide bonds. The Hall–Kier alpha value is -3.65. The zero-order valence-electron chi connectivity index (χ0n) is 17.2. The second-order valence-electron chi connectivity index (χ2n) is 6.65.